The van der Waals surface area contributed by atoms with E-state index in [9.17, 15) is 9.59 Å². The molecule has 190 valence electrons. The van der Waals surface area contributed by atoms with Crippen LogP contribution in [0, 0.1) is 0 Å². The molecule has 36 heavy (non-hydrogen) atoms. The molecule has 4 rings (SSSR count). The van der Waals surface area contributed by atoms with E-state index in [0.717, 1.165) is 12.0 Å². The lowest BCUT2D eigenvalue weighted by molar-refractivity contribution is -0.135. The van der Waals surface area contributed by atoms with Crippen LogP contribution < -0.4 is 9.47 Å². The SMILES string of the molecule is COCCN(CC(=O)N1CCc2sccc2C1COc1cccc(OC)c1)C(=O)c1cccc(Cl)c1. The van der Waals surface area contributed by atoms with Crippen LogP contribution in [0.5, 0.6) is 11.5 Å². The van der Waals surface area contributed by atoms with E-state index in [1.54, 1.807) is 49.8 Å². The van der Waals surface area contributed by atoms with Crippen molar-refractivity contribution in [3.8, 4) is 11.5 Å². The summed E-state index contributed by atoms with van der Waals surface area (Å²) < 4.78 is 16.6. The molecule has 1 atom stereocenters. The molecule has 0 bridgehead atoms. The van der Waals surface area contributed by atoms with Crippen molar-refractivity contribution >= 4 is 34.8 Å². The van der Waals surface area contributed by atoms with Crippen LogP contribution in [0.25, 0.3) is 0 Å². The average Bonchev–Trinajstić information content (AvgIpc) is 3.38. The van der Waals surface area contributed by atoms with Crippen molar-refractivity contribution in [2.24, 2.45) is 0 Å². The highest BCUT2D eigenvalue weighted by molar-refractivity contribution is 7.10. The van der Waals surface area contributed by atoms with E-state index >= 15 is 0 Å². The maximum atomic E-state index is 13.6. The van der Waals surface area contributed by atoms with Gasteiger partial charge in [-0.2, -0.15) is 0 Å². The highest BCUT2D eigenvalue weighted by Gasteiger charge is 2.33. The van der Waals surface area contributed by atoms with Gasteiger partial charge >= 0.3 is 0 Å². The number of carbonyl (C=O) groups is 2. The van der Waals surface area contributed by atoms with Gasteiger partial charge in [-0.05, 0) is 53.8 Å². The normalized spacial score (nSPS) is 14.8. The molecule has 1 aliphatic rings. The van der Waals surface area contributed by atoms with Crippen LogP contribution in [0.2, 0.25) is 5.02 Å². The zero-order valence-corrected chi connectivity index (χ0v) is 21.9. The second kappa shape index (κ2) is 12.3. The number of rotatable bonds is 10. The van der Waals surface area contributed by atoms with Gasteiger partial charge in [-0.1, -0.05) is 23.7 Å². The second-order valence-corrected chi connectivity index (χ2v) is 9.81. The lowest BCUT2D eigenvalue weighted by Crippen LogP contribution is -2.48. The van der Waals surface area contributed by atoms with Crippen molar-refractivity contribution in [1.29, 1.82) is 0 Å². The maximum absolute atomic E-state index is 13.6. The van der Waals surface area contributed by atoms with E-state index in [2.05, 4.69) is 6.07 Å². The molecule has 3 aromatic rings. The number of carbonyl (C=O) groups excluding carboxylic acids is 2. The van der Waals surface area contributed by atoms with Gasteiger partial charge in [0.1, 0.15) is 24.7 Å². The summed E-state index contributed by atoms with van der Waals surface area (Å²) in [7, 11) is 3.18. The van der Waals surface area contributed by atoms with Crippen LogP contribution in [-0.4, -0.2) is 68.7 Å². The van der Waals surface area contributed by atoms with Crippen LogP contribution in [0.15, 0.2) is 60.0 Å². The maximum Gasteiger partial charge on any atom is 0.254 e. The molecule has 2 amide bonds. The Morgan fingerprint density at radius 2 is 1.92 bits per heavy atom. The fourth-order valence-corrected chi connectivity index (χ4v) is 5.37. The molecule has 7 nitrogen and oxygen atoms in total. The second-order valence-electron chi connectivity index (χ2n) is 8.37. The predicted octanol–water partition coefficient (Wildman–Crippen LogP) is 4.70. The summed E-state index contributed by atoms with van der Waals surface area (Å²) in [6.45, 7) is 1.39. The molecule has 2 aromatic carbocycles. The predicted molar refractivity (Wildman–Crippen MR) is 140 cm³/mol. The Kier molecular flexibility index (Phi) is 8.85. The lowest BCUT2D eigenvalue weighted by Gasteiger charge is -2.37. The Labute approximate surface area is 220 Å². The number of methoxy groups -OCH3 is 2. The molecular weight excluding hydrogens is 500 g/mol. The number of ether oxygens (including phenoxy) is 3. The van der Waals surface area contributed by atoms with Crippen LogP contribution >= 0.6 is 22.9 Å². The third kappa shape index (κ3) is 6.19. The minimum atomic E-state index is -0.264. The van der Waals surface area contributed by atoms with E-state index in [-0.39, 0.29) is 30.9 Å². The lowest BCUT2D eigenvalue weighted by atomic mass is 10.0. The quantitative estimate of drug-likeness (QED) is 0.381. The van der Waals surface area contributed by atoms with Gasteiger partial charge in [-0.25, -0.2) is 0 Å². The molecule has 9 heteroatoms. The number of fused-ring (bicyclic) bond motifs is 1. The fraction of sp³-hybridized carbons (Fsp3) is 0.333. The Morgan fingerprint density at radius 1 is 1.11 bits per heavy atom. The van der Waals surface area contributed by atoms with Gasteiger partial charge in [-0.15, -0.1) is 11.3 Å². The van der Waals surface area contributed by atoms with E-state index < -0.39 is 0 Å². The first kappa shape index (κ1) is 26.0. The zero-order chi connectivity index (χ0) is 25.5. The average molecular weight is 529 g/mol. The fourth-order valence-electron chi connectivity index (χ4n) is 4.25. The number of hydrogen-bond donors (Lipinski definition) is 0. The van der Waals surface area contributed by atoms with Gasteiger partial charge in [-0.3, -0.25) is 9.59 Å². The Hall–Kier alpha value is -3.07. The monoisotopic (exact) mass is 528 g/mol. The summed E-state index contributed by atoms with van der Waals surface area (Å²) in [5.41, 5.74) is 1.52. The Morgan fingerprint density at radius 3 is 2.69 bits per heavy atom. The van der Waals surface area contributed by atoms with Crippen molar-refractivity contribution in [3.63, 3.8) is 0 Å². The summed E-state index contributed by atoms with van der Waals surface area (Å²) in [4.78, 5) is 31.4. The molecule has 1 aromatic heterocycles. The summed E-state index contributed by atoms with van der Waals surface area (Å²) >= 11 is 7.79. The zero-order valence-electron chi connectivity index (χ0n) is 20.3. The van der Waals surface area contributed by atoms with Crippen molar-refractivity contribution in [2.75, 3.05) is 47.1 Å². The van der Waals surface area contributed by atoms with Crippen molar-refractivity contribution < 1.29 is 23.8 Å². The molecule has 0 saturated carbocycles. The topological polar surface area (TPSA) is 68.3 Å². The first-order chi connectivity index (χ1) is 17.5. The Balaban J connectivity index is 1.52. The van der Waals surface area contributed by atoms with E-state index in [1.807, 2.05) is 34.5 Å². The number of amides is 2. The summed E-state index contributed by atoms with van der Waals surface area (Å²) in [6.07, 6.45) is 0.773. The first-order valence-corrected chi connectivity index (χ1v) is 12.9. The van der Waals surface area contributed by atoms with Crippen LogP contribution in [-0.2, 0) is 16.0 Å². The minimum Gasteiger partial charge on any atom is -0.497 e. The molecule has 0 spiro atoms. The van der Waals surface area contributed by atoms with Crippen LogP contribution in [0.1, 0.15) is 26.8 Å². The number of nitrogens with zero attached hydrogens (tertiary/aromatic N) is 2. The van der Waals surface area contributed by atoms with Crippen molar-refractivity contribution in [3.05, 3.63) is 81.0 Å². The molecule has 0 N–H and O–H groups in total. The standard InChI is InChI=1S/C27H29ClN2O5S/c1-33-13-12-29(27(32)19-5-3-6-20(28)15-19)17-26(31)30-11-9-25-23(10-14-36-25)24(30)18-35-22-8-4-7-21(16-22)34-2/h3-8,10,14-16,24H,9,11-13,17-18H2,1-2H3. The highest BCUT2D eigenvalue weighted by atomic mass is 35.5. The first-order valence-electron chi connectivity index (χ1n) is 11.7. The Bertz CT molecular complexity index is 1200. The van der Waals surface area contributed by atoms with Gasteiger partial charge in [0.25, 0.3) is 5.91 Å². The van der Waals surface area contributed by atoms with E-state index in [0.29, 0.717) is 41.8 Å². The largest absolute Gasteiger partial charge is 0.497 e. The molecular formula is C27H29ClN2O5S. The molecule has 0 saturated heterocycles. The number of hydrogen-bond acceptors (Lipinski definition) is 6. The van der Waals surface area contributed by atoms with Crippen molar-refractivity contribution in [2.45, 2.75) is 12.5 Å². The number of benzene rings is 2. The van der Waals surface area contributed by atoms with E-state index in [4.69, 9.17) is 25.8 Å². The van der Waals surface area contributed by atoms with Crippen LogP contribution in [0.4, 0.5) is 0 Å². The minimum absolute atomic E-state index is 0.0656. The number of halogens is 1. The van der Waals surface area contributed by atoms with Gasteiger partial charge in [0, 0.05) is 41.7 Å². The third-order valence-corrected chi connectivity index (χ3v) is 7.35. The molecule has 0 radical (unpaired) electrons. The summed E-state index contributed by atoms with van der Waals surface area (Å²) in [6, 6.07) is 15.9. The highest BCUT2D eigenvalue weighted by Crippen LogP contribution is 2.34. The molecule has 1 unspecified atom stereocenters. The van der Waals surface area contributed by atoms with E-state index in [1.165, 1.54) is 9.78 Å². The molecule has 2 heterocycles. The molecule has 1 aliphatic heterocycles. The van der Waals surface area contributed by atoms with Gasteiger partial charge in [0.2, 0.25) is 5.91 Å². The van der Waals surface area contributed by atoms with Gasteiger partial charge < -0.3 is 24.0 Å². The summed E-state index contributed by atoms with van der Waals surface area (Å²) in [5.74, 6) is 0.966. The smallest absolute Gasteiger partial charge is 0.254 e. The molecule has 0 fully saturated rings. The number of thiophene rings is 1. The van der Waals surface area contributed by atoms with Gasteiger partial charge in [0.15, 0.2) is 0 Å². The van der Waals surface area contributed by atoms with Gasteiger partial charge in [0.05, 0.1) is 19.8 Å². The third-order valence-electron chi connectivity index (χ3n) is 6.11. The summed E-state index contributed by atoms with van der Waals surface area (Å²) in [5, 5.41) is 2.51. The molecule has 0 aliphatic carbocycles. The van der Waals surface area contributed by atoms with Crippen molar-refractivity contribution in [1.82, 2.24) is 9.80 Å². The van der Waals surface area contributed by atoms with Crippen LogP contribution in [0.3, 0.4) is 0 Å².